The van der Waals surface area contributed by atoms with Gasteiger partial charge in [-0.3, -0.25) is 0 Å². The average Bonchev–Trinajstić information content (AvgIpc) is 2.24. The van der Waals surface area contributed by atoms with Crippen molar-refractivity contribution in [3.05, 3.63) is 34.1 Å². The van der Waals surface area contributed by atoms with Crippen LogP contribution in [0.15, 0.2) is 22.7 Å². The van der Waals surface area contributed by atoms with Crippen molar-refractivity contribution >= 4 is 15.9 Å². The minimum Gasteiger partial charge on any atom is -0.314 e. The van der Waals surface area contributed by atoms with Crippen LogP contribution < -0.4 is 5.32 Å². The van der Waals surface area contributed by atoms with Crippen LogP contribution in [0.5, 0.6) is 0 Å². The SMILES string of the molecule is CCNC(C)C(CC)Cc1cc(F)cc(Br)c1. The first-order valence-corrected chi connectivity index (χ1v) is 7.04. The van der Waals surface area contributed by atoms with E-state index in [-0.39, 0.29) is 5.82 Å². The summed E-state index contributed by atoms with van der Waals surface area (Å²) in [6.45, 7) is 7.48. The fourth-order valence-electron chi connectivity index (χ4n) is 2.19. The molecule has 0 aliphatic carbocycles. The number of nitrogens with one attached hydrogen (secondary N) is 1. The highest BCUT2D eigenvalue weighted by Crippen LogP contribution is 2.20. The normalized spacial score (nSPS) is 14.6. The van der Waals surface area contributed by atoms with Crippen LogP contribution in [0, 0.1) is 11.7 Å². The van der Waals surface area contributed by atoms with Crippen LogP contribution in [-0.4, -0.2) is 12.6 Å². The van der Waals surface area contributed by atoms with Crippen molar-refractivity contribution in [1.29, 1.82) is 0 Å². The highest BCUT2D eigenvalue weighted by molar-refractivity contribution is 9.10. The van der Waals surface area contributed by atoms with Crippen molar-refractivity contribution in [2.24, 2.45) is 5.92 Å². The van der Waals surface area contributed by atoms with E-state index in [0.717, 1.165) is 29.4 Å². The summed E-state index contributed by atoms with van der Waals surface area (Å²) in [6, 6.07) is 5.60. The predicted molar refractivity (Wildman–Crippen MR) is 74.7 cm³/mol. The quantitative estimate of drug-likeness (QED) is 0.832. The summed E-state index contributed by atoms with van der Waals surface area (Å²) in [5.74, 6) is 0.379. The lowest BCUT2D eigenvalue weighted by Gasteiger charge is -2.23. The molecule has 0 aliphatic rings. The van der Waals surface area contributed by atoms with Crippen molar-refractivity contribution < 1.29 is 4.39 Å². The van der Waals surface area contributed by atoms with Crippen molar-refractivity contribution in [3.8, 4) is 0 Å². The van der Waals surface area contributed by atoms with E-state index in [2.05, 4.69) is 42.0 Å². The Morgan fingerprint density at radius 1 is 1.29 bits per heavy atom. The molecule has 0 bridgehead atoms. The molecule has 0 aliphatic heterocycles. The van der Waals surface area contributed by atoms with E-state index >= 15 is 0 Å². The minimum atomic E-state index is -0.166. The van der Waals surface area contributed by atoms with Crippen molar-refractivity contribution in [2.75, 3.05) is 6.54 Å². The topological polar surface area (TPSA) is 12.0 Å². The van der Waals surface area contributed by atoms with Gasteiger partial charge in [0.1, 0.15) is 5.82 Å². The monoisotopic (exact) mass is 301 g/mol. The van der Waals surface area contributed by atoms with E-state index in [1.54, 1.807) is 6.07 Å². The molecule has 0 fully saturated rings. The molecule has 0 radical (unpaired) electrons. The molecule has 1 N–H and O–H groups in total. The van der Waals surface area contributed by atoms with Crippen molar-refractivity contribution in [1.82, 2.24) is 5.32 Å². The van der Waals surface area contributed by atoms with Gasteiger partial charge in [0.15, 0.2) is 0 Å². The van der Waals surface area contributed by atoms with Gasteiger partial charge in [-0.25, -0.2) is 4.39 Å². The Hall–Kier alpha value is -0.410. The first-order valence-electron chi connectivity index (χ1n) is 6.25. The first-order chi connectivity index (χ1) is 8.06. The van der Waals surface area contributed by atoms with Crippen molar-refractivity contribution in [2.45, 2.75) is 39.7 Å². The Morgan fingerprint density at radius 3 is 2.53 bits per heavy atom. The highest BCUT2D eigenvalue weighted by atomic mass is 79.9. The second-order valence-corrected chi connectivity index (χ2v) is 5.41. The molecule has 96 valence electrons. The van der Waals surface area contributed by atoms with Crippen LogP contribution in [0.2, 0.25) is 0 Å². The maximum absolute atomic E-state index is 13.3. The van der Waals surface area contributed by atoms with Gasteiger partial charge in [0.2, 0.25) is 0 Å². The molecular weight excluding hydrogens is 281 g/mol. The van der Waals surface area contributed by atoms with Gasteiger partial charge in [-0.1, -0.05) is 36.2 Å². The number of hydrogen-bond acceptors (Lipinski definition) is 1. The van der Waals surface area contributed by atoms with Gasteiger partial charge in [-0.15, -0.1) is 0 Å². The average molecular weight is 302 g/mol. The van der Waals surface area contributed by atoms with Crippen LogP contribution in [-0.2, 0) is 6.42 Å². The van der Waals surface area contributed by atoms with E-state index in [1.807, 2.05) is 6.07 Å². The summed E-state index contributed by atoms with van der Waals surface area (Å²) < 4.78 is 14.1. The molecule has 2 unspecified atom stereocenters. The van der Waals surface area contributed by atoms with Crippen LogP contribution in [0.4, 0.5) is 4.39 Å². The lowest BCUT2D eigenvalue weighted by atomic mass is 9.91. The molecule has 17 heavy (non-hydrogen) atoms. The maximum atomic E-state index is 13.3. The minimum absolute atomic E-state index is 0.166. The summed E-state index contributed by atoms with van der Waals surface area (Å²) >= 11 is 3.34. The molecule has 1 rings (SSSR count). The van der Waals surface area contributed by atoms with E-state index in [1.165, 1.54) is 6.07 Å². The van der Waals surface area contributed by atoms with E-state index in [4.69, 9.17) is 0 Å². The molecule has 1 nitrogen and oxygen atoms in total. The maximum Gasteiger partial charge on any atom is 0.124 e. The summed E-state index contributed by atoms with van der Waals surface area (Å²) in [5.41, 5.74) is 1.06. The third-order valence-corrected chi connectivity index (χ3v) is 3.64. The lowest BCUT2D eigenvalue weighted by molar-refractivity contribution is 0.367. The first kappa shape index (κ1) is 14.7. The Morgan fingerprint density at radius 2 is 2.00 bits per heavy atom. The second kappa shape index (κ2) is 7.12. The van der Waals surface area contributed by atoms with E-state index < -0.39 is 0 Å². The molecule has 1 aromatic rings. The summed E-state index contributed by atoms with van der Waals surface area (Å²) in [6.07, 6.45) is 2.02. The molecule has 0 amide bonds. The molecule has 3 heteroatoms. The summed E-state index contributed by atoms with van der Waals surface area (Å²) in [5, 5.41) is 3.44. The fraction of sp³-hybridized carbons (Fsp3) is 0.571. The van der Waals surface area contributed by atoms with Gasteiger partial charge in [0.25, 0.3) is 0 Å². The number of rotatable bonds is 6. The van der Waals surface area contributed by atoms with Gasteiger partial charge in [-0.2, -0.15) is 0 Å². The molecule has 0 saturated heterocycles. The van der Waals surface area contributed by atoms with Gasteiger partial charge < -0.3 is 5.32 Å². The largest absolute Gasteiger partial charge is 0.314 e. The number of hydrogen-bond donors (Lipinski definition) is 1. The van der Waals surface area contributed by atoms with Gasteiger partial charge in [-0.05, 0) is 49.6 Å². The van der Waals surface area contributed by atoms with Crippen LogP contribution in [0.3, 0.4) is 0 Å². The summed E-state index contributed by atoms with van der Waals surface area (Å²) in [4.78, 5) is 0. The second-order valence-electron chi connectivity index (χ2n) is 4.50. The standard InChI is InChI=1S/C14H21BrFN/c1-4-12(10(3)17-5-2)6-11-7-13(15)9-14(16)8-11/h7-10,12,17H,4-6H2,1-3H3. The van der Waals surface area contributed by atoms with E-state index in [9.17, 15) is 4.39 Å². The molecule has 0 heterocycles. The highest BCUT2D eigenvalue weighted by Gasteiger charge is 2.15. The Balaban J connectivity index is 2.73. The number of benzene rings is 1. The van der Waals surface area contributed by atoms with Crippen LogP contribution in [0.25, 0.3) is 0 Å². The van der Waals surface area contributed by atoms with Gasteiger partial charge in [0, 0.05) is 10.5 Å². The summed E-state index contributed by atoms with van der Waals surface area (Å²) in [7, 11) is 0. The fourth-order valence-corrected chi connectivity index (χ4v) is 2.71. The predicted octanol–water partition coefficient (Wildman–Crippen LogP) is 4.15. The molecule has 2 atom stereocenters. The molecule has 0 aromatic heterocycles. The zero-order chi connectivity index (χ0) is 12.8. The molecule has 0 spiro atoms. The van der Waals surface area contributed by atoms with E-state index in [0.29, 0.717) is 12.0 Å². The number of halogens is 2. The molecule has 1 aromatic carbocycles. The smallest absolute Gasteiger partial charge is 0.124 e. The molecule has 0 saturated carbocycles. The Labute approximate surface area is 112 Å². The Kier molecular flexibility index (Phi) is 6.14. The third kappa shape index (κ3) is 4.76. The lowest BCUT2D eigenvalue weighted by Crippen LogP contribution is -2.34. The Bertz CT molecular complexity index is 334. The third-order valence-electron chi connectivity index (χ3n) is 3.18. The van der Waals surface area contributed by atoms with Gasteiger partial charge in [0.05, 0.1) is 0 Å². The zero-order valence-electron chi connectivity index (χ0n) is 10.8. The zero-order valence-corrected chi connectivity index (χ0v) is 12.3. The van der Waals surface area contributed by atoms with Crippen molar-refractivity contribution in [3.63, 3.8) is 0 Å². The van der Waals surface area contributed by atoms with Gasteiger partial charge >= 0.3 is 0 Å². The van der Waals surface area contributed by atoms with Crippen LogP contribution >= 0.6 is 15.9 Å². The van der Waals surface area contributed by atoms with Crippen LogP contribution in [0.1, 0.15) is 32.8 Å². The molecular formula is C14H21BrFN.